The number of hydrogen-bond donors (Lipinski definition) is 0. The number of amides is 2. The zero-order valence-corrected chi connectivity index (χ0v) is 12.6. The van der Waals surface area contributed by atoms with Crippen molar-refractivity contribution in [2.24, 2.45) is 5.92 Å². The Labute approximate surface area is 130 Å². The monoisotopic (exact) mass is 331 g/mol. The molecule has 0 saturated carbocycles. The van der Waals surface area contributed by atoms with Crippen molar-refractivity contribution in [1.29, 1.82) is 0 Å². The molecule has 0 N–H and O–H groups in total. The van der Waals surface area contributed by atoms with Crippen LogP contribution < -0.4 is 9.64 Å². The Bertz CT molecular complexity index is 589. The molecule has 1 aliphatic heterocycles. The second-order valence-electron chi connectivity index (χ2n) is 5.25. The Morgan fingerprint density at radius 1 is 1.48 bits per heavy atom. The first-order chi connectivity index (χ1) is 10.7. The van der Waals surface area contributed by atoms with Crippen molar-refractivity contribution >= 4 is 17.5 Å². The molecule has 1 aromatic heterocycles. The average molecular weight is 331 g/mol. The van der Waals surface area contributed by atoms with Crippen LogP contribution in [0.5, 0.6) is 5.88 Å². The molecule has 9 heteroatoms. The molecule has 1 aliphatic rings. The number of pyridine rings is 1. The van der Waals surface area contributed by atoms with Crippen LogP contribution in [0.1, 0.15) is 6.42 Å². The number of halogens is 3. The van der Waals surface area contributed by atoms with Crippen molar-refractivity contribution in [3.8, 4) is 5.88 Å². The third-order valence-corrected chi connectivity index (χ3v) is 3.58. The van der Waals surface area contributed by atoms with Gasteiger partial charge in [-0.2, -0.15) is 13.2 Å². The smallest absolute Gasteiger partial charge is 0.406 e. The highest BCUT2D eigenvalue weighted by Crippen LogP contribution is 2.26. The molecule has 0 spiro atoms. The minimum Gasteiger partial charge on any atom is -0.481 e. The largest absolute Gasteiger partial charge is 0.481 e. The fourth-order valence-corrected chi connectivity index (χ4v) is 2.40. The van der Waals surface area contributed by atoms with Gasteiger partial charge in [0.05, 0.1) is 24.9 Å². The predicted molar refractivity (Wildman–Crippen MR) is 74.9 cm³/mol. The number of hydrogen-bond acceptors (Lipinski definition) is 4. The first-order valence-corrected chi connectivity index (χ1v) is 6.83. The Morgan fingerprint density at radius 3 is 2.70 bits per heavy atom. The quantitative estimate of drug-likeness (QED) is 0.838. The lowest BCUT2D eigenvalue weighted by molar-refractivity contribution is -0.157. The Kier molecular flexibility index (Phi) is 4.76. The van der Waals surface area contributed by atoms with Gasteiger partial charge in [0, 0.05) is 26.1 Å². The van der Waals surface area contributed by atoms with Crippen LogP contribution in [0.3, 0.4) is 0 Å². The molecule has 1 fully saturated rings. The van der Waals surface area contributed by atoms with Crippen LogP contribution in [0, 0.1) is 5.92 Å². The topological polar surface area (TPSA) is 62.7 Å². The van der Waals surface area contributed by atoms with Gasteiger partial charge in [-0.05, 0) is 6.07 Å². The first kappa shape index (κ1) is 17.0. The maximum atomic E-state index is 12.4. The lowest BCUT2D eigenvalue weighted by Crippen LogP contribution is -2.37. The van der Waals surface area contributed by atoms with E-state index in [4.69, 9.17) is 4.74 Å². The second-order valence-corrected chi connectivity index (χ2v) is 5.25. The van der Waals surface area contributed by atoms with E-state index in [-0.39, 0.29) is 13.0 Å². The fourth-order valence-electron chi connectivity index (χ4n) is 2.40. The summed E-state index contributed by atoms with van der Waals surface area (Å²) in [5, 5.41) is 0. The van der Waals surface area contributed by atoms with Gasteiger partial charge in [0.1, 0.15) is 6.54 Å². The van der Waals surface area contributed by atoms with E-state index in [9.17, 15) is 22.8 Å². The molecule has 0 bridgehead atoms. The third-order valence-electron chi connectivity index (χ3n) is 3.58. The summed E-state index contributed by atoms with van der Waals surface area (Å²) in [5.74, 6) is -1.50. The molecule has 126 valence electrons. The molecule has 6 nitrogen and oxygen atoms in total. The van der Waals surface area contributed by atoms with Crippen LogP contribution in [0.15, 0.2) is 18.3 Å². The SMILES string of the molecule is COc1ccc(N(C)C(=O)C2CC(=O)N(CC(F)(F)F)C2)cn1. The van der Waals surface area contributed by atoms with Crippen LogP contribution in [0.25, 0.3) is 0 Å². The van der Waals surface area contributed by atoms with Crippen LogP contribution in [0.4, 0.5) is 18.9 Å². The molecule has 0 aliphatic carbocycles. The van der Waals surface area contributed by atoms with Crippen LogP contribution >= 0.6 is 0 Å². The van der Waals surface area contributed by atoms with Gasteiger partial charge in [-0.1, -0.05) is 0 Å². The van der Waals surface area contributed by atoms with Gasteiger partial charge in [-0.25, -0.2) is 4.98 Å². The zero-order valence-electron chi connectivity index (χ0n) is 12.6. The number of rotatable bonds is 4. The minimum absolute atomic E-state index is 0.219. The van der Waals surface area contributed by atoms with Gasteiger partial charge >= 0.3 is 6.18 Å². The van der Waals surface area contributed by atoms with E-state index in [0.29, 0.717) is 16.5 Å². The summed E-state index contributed by atoms with van der Waals surface area (Å²) >= 11 is 0. The molecular formula is C14H16F3N3O3. The highest BCUT2D eigenvalue weighted by Gasteiger charge is 2.41. The number of alkyl halides is 3. The van der Waals surface area contributed by atoms with Gasteiger partial charge in [-0.15, -0.1) is 0 Å². The van der Waals surface area contributed by atoms with Gasteiger partial charge in [0.15, 0.2) is 0 Å². The number of nitrogens with zero attached hydrogens (tertiary/aromatic N) is 3. The summed E-state index contributed by atoms with van der Waals surface area (Å²) in [5.41, 5.74) is 0.470. The van der Waals surface area contributed by atoms with Crippen LogP contribution in [-0.4, -0.2) is 55.1 Å². The lowest BCUT2D eigenvalue weighted by atomic mass is 10.1. The summed E-state index contributed by atoms with van der Waals surface area (Å²) in [6.45, 7) is -1.56. The van der Waals surface area contributed by atoms with E-state index in [1.807, 2.05) is 0 Å². The maximum Gasteiger partial charge on any atom is 0.406 e. The first-order valence-electron chi connectivity index (χ1n) is 6.83. The Morgan fingerprint density at radius 2 is 2.17 bits per heavy atom. The number of carbonyl (C=O) groups is 2. The summed E-state index contributed by atoms with van der Waals surface area (Å²) in [4.78, 5) is 29.9. The van der Waals surface area contributed by atoms with E-state index in [1.165, 1.54) is 25.3 Å². The van der Waals surface area contributed by atoms with E-state index in [0.717, 1.165) is 0 Å². The number of methoxy groups -OCH3 is 1. The number of aromatic nitrogens is 1. The summed E-state index contributed by atoms with van der Waals surface area (Å²) in [7, 11) is 2.94. The molecule has 2 amide bonds. The molecule has 0 aromatic carbocycles. The molecule has 2 rings (SSSR count). The van der Waals surface area contributed by atoms with Crippen molar-refractivity contribution < 1.29 is 27.5 Å². The molecule has 1 saturated heterocycles. The van der Waals surface area contributed by atoms with Gasteiger partial charge in [-0.3, -0.25) is 9.59 Å². The third kappa shape index (κ3) is 4.11. The van der Waals surface area contributed by atoms with E-state index < -0.39 is 30.5 Å². The Hall–Kier alpha value is -2.32. The molecular weight excluding hydrogens is 315 g/mol. The van der Waals surface area contributed by atoms with Crippen molar-refractivity contribution in [1.82, 2.24) is 9.88 Å². The van der Waals surface area contributed by atoms with Gasteiger partial charge < -0.3 is 14.5 Å². The number of ether oxygens (including phenoxy) is 1. The Balaban J connectivity index is 2.03. The maximum absolute atomic E-state index is 12.4. The summed E-state index contributed by atoms with van der Waals surface area (Å²) in [6, 6.07) is 3.17. The summed E-state index contributed by atoms with van der Waals surface area (Å²) < 4.78 is 42.1. The summed E-state index contributed by atoms with van der Waals surface area (Å²) in [6.07, 6.45) is -3.27. The van der Waals surface area contributed by atoms with E-state index in [2.05, 4.69) is 4.98 Å². The molecule has 1 atom stereocenters. The van der Waals surface area contributed by atoms with Crippen molar-refractivity contribution in [2.75, 3.05) is 32.1 Å². The molecule has 2 heterocycles. The lowest BCUT2D eigenvalue weighted by Gasteiger charge is -2.22. The predicted octanol–water partition coefficient (Wildman–Crippen LogP) is 1.46. The molecule has 0 radical (unpaired) electrons. The van der Waals surface area contributed by atoms with Crippen molar-refractivity contribution in [2.45, 2.75) is 12.6 Å². The minimum atomic E-state index is -4.47. The van der Waals surface area contributed by atoms with Crippen molar-refractivity contribution in [3.63, 3.8) is 0 Å². The molecule has 1 aromatic rings. The van der Waals surface area contributed by atoms with Crippen LogP contribution in [-0.2, 0) is 9.59 Å². The molecule has 23 heavy (non-hydrogen) atoms. The van der Waals surface area contributed by atoms with Crippen molar-refractivity contribution in [3.05, 3.63) is 18.3 Å². The van der Waals surface area contributed by atoms with E-state index in [1.54, 1.807) is 12.1 Å². The van der Waals surface area contributed by atoms with Crippen LogP contribution in [0.2, 0.25) is 0 Å². The normalized spacial score (nSPS) is 18.2. The fraction of sp³-hybridized carbons (Fsp3) is 0.500. The van der Waals surface area contributed by atoms with Gasteiger partial charge in [0.25, 0.3) is 0 Å². The highest BCUT2D eigenvalue weighted by molar-refractivity contribution is 5.98. The number of carbonyl (C=O) groups excluding carboxylic acids is 2. The van der Waals surface area contributed by atoms with Gasteiger partial charge in [0.2, 0.25) is 17.7 Å². The zero-order chi connectivity index (χ0) is 17.2. The number of likely N-dealkylation sites (tertiary alicyclic amines) is 1. The van der Waals surface area contributed by atoms with E-state index >= 15 is 0 Å². The standard InChI is InChI=1S/C14H16F3N3O3/c1-19(10-3-4-11(23-2)18-6-10)13(22)9-5-12(21)20(7-9)8-14(15,16)17/h3-4,6,9H,5,7-8H2,1-2H3. The number of anilines is 1. The highest BCUT2D eigenvalue weighted by atomic mass is 19.4. The average Bonchev–Trinajstić information content (AvgIpc) is 2.85. The molecule has 1 unspecified atom stereocenters. The second kappa shape index (κ2) is 6.43.